The van der Waals surface area contributed by atoms with Gasteiger partial charge in [-0.15, -0.1) is 0 Å². The first-order chi connectivity index (χ1) is 10.1. The number of rotatable bonds is 4. The van der Waals surface area contributed by atoms with Gasteiger partial charge in [-0.25, -0.2) is 0 Å². The van der Waals surface area contributed by atoms with E-state index in [1.807, 2.05) is 18.7 Å². The summed E-state index contributed by atoms with van der Waals surface area (Å²) in [5.74, 6) is 0. The van der Waals surface area contributed by atoms with E-state index in [9.17, 15) is 0 Å². The predicted molar refractivity (Wildman–Crippen MR) is 88.2 cm³/mol. The Hall–Kier alpha value is -1.68. The number of aryl methyl sites for hydroxylation is 2. The third-order valence-corrected chi connectivity index (χ3v) is 4.55. The van der Waals surface area contributed by atoms with E-state index in [-0.39, 0.29) is 0 Å². The number of anilines is 2. The number of hydrogen-bond donors (Lipinski definition) is 1. The third kappa shape index (κ3) is 3.00. The van der Waals surface area contributed by atoms with Crippen LogP contribution in [0.4, 0.5) is 11.4 Å². The van der Waals surface area contributed by atoms with Gasteiger partial charge in [0, 0.05) is 31.5 Å². The molecule has 112 valence electrons. The second-order valence-corrected chi connectivity index (χ2v) is 5.94. The second kappa shape index (κ2) is 5.98. The molecule has 2 heterocycles. The first-order valence-corrected chi connectivity index (χ1v) is 7.80. The molecular weight excluding hydrogens is 284 g/mol. The average molecular weight is 305 g/mol. The van der Waals surface area contributed by atoms with Crippen LogP contribution in [0.15, 0.2) is 24.3 Å². The first-order valence-electron chi connectivity index (χ1n) is 7.42. The Morgan fingerprint density at radius 2 is 1.86 bits per heavy atom. The van der Waals surface area contributed by atoms with E-state index in [1.54, 1.807) is 0 Å². The molecule has 1 aromatic carbocycles. The zero-order valence-electron chi connectivity index (χ0n) is 12.6. The van der Waals surface area contributed by atoms with Crippen molar-refractivity contribution in [3.05, 3.63) is 40.7 Å². The molecular formula is C16H21ClN4. The van der Waals surface area contributed by atoms with Crippen molar-refractivity contribution in [1.82, 2.24) is 9.78 Å². The highest BCUT2D eigenvalue weighted by atomic mass is 35.5. The van der Waals surface area contributed by atoms with E-state index in [1.165, 1.54) is 31.6 Å². The Balaban J connectivity index is 1.65. The molecule has 1 aliphatic heterocycles. The summed E-state index contributed by atoms with van der Waals surface area (Å²) in [7, 11) is 1.92. The summed E-state index contributed by atoms with van der Waals surface area (Å²) in [5.41, 5.74) is 4.30. The molecule has 2 aromatic rings. The van der Waals surface area contributed by atoms with E-state index in [2.05, 4.69) is 39.6 Å². The molecule has 3 rings (SSSR count). The summed E-state index contributed by atoms with van der Waals surface area (Å²) in [6.45, 7) is 4.96. The van der Waals surface area contributed by atoms with Crippen LogP contribution < -0.4 is 10.2 Å². The molecule has 0 radical (unpaired) electrons. The first kappa shape index (κ1) is 14.3. The monoisotopic (exact) mass is 304 g/mol. The van der Waals surface area contributed by atoms with Crippen molar-refractivity contribution in [2.75, 3.05) is 23.3 Å². The fourth-order valence-electron chi connectivity index (χ4n) is 2.82. The number of hydrogen-bond acceptors (Lipinski definition) is 3. The molecule has 5 heteroatoms. The predicted octanol–water partition coefficient (Wildman–Crippen LogP) is 3.59. The molecule has 0 atom stereocenters. The van der Waals surface area contributed by atoms with Crippen molar-refractivity contribution in [2.24, 2.45) is 7.05 Å². The highest BCUT2D eigenvalue weighted by molar-refractivity contribution is 6.31. The summed E-state index contributed by atoms with van der Waals surface area (Å²) in [6, 6.07) is 8.63. The summed E-state index contributed by atoms with van der Waals surface area (Å²) < 4.78 is 1.84. The van der Waals surface area contributed by atoms with E-state index >= 15 is 0 Å². The van der Waals surface area contributed by atoms with Gasteiger partial charge in [-0.1, -0.05) is 11.6 Å². The third-order valence-electron chi connectivity index (χ3n) is 4.06. The molecule has 1 aromatic heterocycles. The zero-order valence-corrected chi connectivity index (χ0v) is 13.3. The molecule has 1 N–H and O–H groups in total. The lowest BCUT2D eigenvalue weighted by molar-refractivity contribution is 0.713. The quantitative estimate of drug-likeness (QED) is 0.937. The Bertz CT molecular complexity index is 612. The maximum absolute atomic E-state index is 6.26. The van der Waals surface area contributed by atoms with Crippen LogP contribution in [0, 0.1) is 6.92 Å². The second-order valence-electron chi connectivity index (χ2n) is 5.56. The van der Waals surface area contributed by atoms with Gasteiger partial charge in [0.25, 0.3) is 0 Å². The number of halogens is 1. The SMILES string of the molecule is Cc1nn(C)c(CNc2ccc(N3CCCC3)cc2)c1Cl. The minimum Gasteiger partial charge on any atom is -0.379 e. The van der Waals surface area contributed by atoms with Gasteiger partial charge in [-0.2, -0.15) is 5.10 Å². The topological polar surface area (TPSA) is 33.1 Å². The average Bonchev–Trinajstić information content (AvgIpc) is 3.09. The molecule has 1 saturated heterocycles. The molecule has 4 nitrogen and oxygen atoms in total. The van der Waals surface area contributed by atoms with Crippen LogP contribution in [0.2, 0.25) is 5.02 Å². The lowest BCUT2D eigenvalue weighted by Crippen LogP contribution is -2.17. The van der Waals surface area contributed by atoms with Gasteiger partial charge in [0.15, 0.2) is 0 Å². The molecule has 0 amide bonds. The minimum absolute atomic E-state index is 0.680. The van der Waals surface area contributed by atoms with Crippen LogP contribution in [0.3, 0.4) is 0 Å². The van der Waals surface area contributed by atoms with Crippen molar-refractivity contribution in [2.45, 2.75) is 26.3 Å². The number of nitrogens with one attached hydrogen (secondary N) is 1. The molecule has 0 aliphatic carbocycles. The standard InChI is InChI=1S/C16H21ClN4/c1-12-16(17)15(20(2)19-12)11-18-13-5-7-14(8-6-13)21-9-3-4-10-21/h5-8,18H,3-4,9-11H2,1-2H3. The Labute approximate surface area is 130 Å². The molecule has 0 spiro atoms. The minimum atomic E-state index is 0.680. The highest BCUT2D eigenvalue weighted by Crippen LogP contribution is 2.24. The fourth-order valence-corrected chi connectivity index (χ4v) is 3.05. The van der Waals surface area contributed by atoms with Crippen molar-refractivity contribution < 1.29 is 0 Å². The van der Waals surface area contributed by atoms with Gasteiger partial charge in [-0.3, -0.25) is 4.68 Å². The lowest BCUT2D eigenvalue weighted by Gasteiger charge is -2.18. The molecule has 1 fully saturated rings. The van der Waals surface area contributed by atoms with Crippen LogP contribution in [0.1, 0.15) is 24.2 Å². The summed E-state index contributed by atoms with van der Waals surface area (Å²) in [5, 5.41) is 8.49. The van der Waals surface area contributed by atoms with E-state index < -0.39 is 0 Å². The fraction of sp³-hybridized carbons (Fsp3) is 0.438. The smallest absolute Gasteiger partial charge is 0.0865 e. The van der Waals surface area contributed by atoms with Gasteiger partial charge in [-0.05, 0) is 44.0 Å². The van der Waals surface area contributed by atoms with Crippen molar-refractivity contribution >= 4 is 23.0 Å². The van der Waals surface area contributed by atoms with E-state index in [0.29, 0.717) is 6.54 Å². The van der Waals surface area contributed by atoms with Crippen LogP contribution >= 0.6 is 11.6 Å². The van der Waals surface area contributed by atoms with Crippen LogP contribution in [0.5, 0.6) is 0 Å². The van der Waals surface area contributed by atoms with Gasteiger partial charge in [0.1, 0.15) is 0 Å². The lowest BCUT2D eigenvalue weighted by atomic mass is 10.2. The molecule has 21 heavy (non-hydrogen) atoms. The highest BCUT2D eigenvalue weighted by Gasteiger charge is 2.12. The zero-order chi connectivity index (χ0) is 14.8. The Morgan fingerprint density at radius 1 is 1.19 bits per heavy atom. The van der Waals surface area contributed by atoms with Crippen molar-refractivity contribution in [1.29, 1.82) is 0 Å². The van der Waals surface area contributed by atoms with Crippen molar-refractivity contribution in [3.8, 4) is 0 Å². The molecule has 0 unspecified atom stereocenters. The summed E-state index contributed by atoms with van der Waals surface area (Å²) in [6.07, 6.45) is 2.61. The number of benzene rings is 1. The number of nitrogens with zero attached hydrogens (tertiary/aromatic N) is 3. The maximum atomic E-state index is 6.26. The molecule has 0 bridgehead atoms. The van der Waals surface area contributed by atoms with E-state index in [4.69, 9.17) is 11.6 Å². The Kier molecular flexibility index (Phi) is 4.06. The number of aromatic nitrogens is 2. The van der Waals surface area contributed by atoms with Crippen LogP contribution in [-0.4, -0.2) is 22.9 Å². The molecule has 1 aliphatic rings. The van der Waals surface area contributed by atoms with Crippen LogP contribution in [-0.2, 0) is 13.6 Å². The van der Waals surface area contributed by atoms with Gasteiger partial charge in [0.05, 0.1) is 23.0 Å². The normalized spacial score (nSPS) is 14.7. The summed E-state index contributed by atoms with van der Waals surface area (Å²) >= 11 is 6.26. The van der Waals surface area contributed by atoms with E-state index in [0.717, 1.165) is 22.1 Å². The Morgan fingerprint density at radius 3 is 2.43 bits per heavy atom. The van der Waals surface area contributed by atoms with Crippen LogP contribution in [0.25, 0.3) is 0 Å². The van der Waals surface area contributed by atoms with Gasteiger partial charge < -0.3 is 10.2 Å². The summed E-state index contributed by atoms with van der Waals surface area (Å²) in [4.78, 5) is 2.44. The molecule has 0 saturated carbocycles. The maximum Gasteiger partial charge on any atom is 0.0865 e. The van der Waals surface area contributed by atoms with Crippen molar-refractivity contribution in [3.63, 3.8) is 0 Å². The van der Waals surface area contributed by atoms with Gasteiger partial charge >= 0.3 is 0 Å². The van der Waals surface area contributed by atoms with Gasteiger partial charge in [0.2, 0.25) is 0 Å². The largest absolute Gasteiger partial charge is 0.379 e.